The van der Waals surface area contributed by atoms with Crippen LogP contribution < -0.4 is 9.47 Å². The summed E-state index contributed by atoms with van der Waals surface area (Å²) in [7, 11) is 3.27. The van der Waals surface area contributed by atoms with Crippen molar-refractivity contribution in [3.05, 3.63) is 71.3 Å². The Morgan fingerprint density at radius 2 is 1.49 bits per heavy atom. The smallest absolute Gasteiger partial charge is 0.247 e. The topological polar surface area (TPSA) is 54.4 Å². The van der Waals surface area contributed by atoms with Gasteiger partial charge in [0.05, 0.1) is 32.4 Å². The molecule has 1 aliphatic carbocycles. The summed E-state index contributed by atoms with van der Waals surface area (Å²) in [6, 6.07) is 14.6. The number of amides is 1. The lowest BCUT2D eigenvalue weighted by atomic mass is 9.76. The first-order valence-corrected chi connectivity index (χ1v) is 12.7. The fourth-order valence-electron chi connectivity index (χ4n) is 5.51. The van der Waals surface area contributed by atoms with E-state index in [2.05, 4.69) is 41.3 Å². The number of carbonyl (C=O) groups is 1. The highest BCUT2D eigenvalue weighted by molar-refractivity contribution is 6.07. The summed E-state index contributed by atoms with van der Waals surface area (Å²) in [5.41, 5.74) is 4.34. The number of rotatable bonds is 7. The average molecular weight is 474 g/mol. The number of nitrogens with zero attached hydrogens (tertiary/aromatic N) is 3. The quantitative estimate of drug-likeness (QED) is 0.530. The molecule has 0 saturated carbocycles. The molecule has 3 aliphatic rings. The summed E-state index contributed by atoms with van der Waals surface area (Å²) in [5, 5.41) is 6.59. The Morgan fingerprint density at radius 1 is 0.829 bits per heavy atom. The second-order valence-electron chi connectivity index (χ2n) is 9.76. The van der Waals surface area contributed by atoms with Crippen LogP contribution in [0.2, 0.25) is 0 Å². The number of ether oxygens (including phenoxy) is 2. The number of benzene rings is 2. The van der Waals surface area contributed by atoms with E-state index in [9.17, 15) is 4.79 Å². The Kier molecular flexibility index (Phi) is 7.19. The van der Waals surface area contributed by atoms with Crippen molar-refractivity contribution in [1.29, 1.82) is 0 Å². The maximum Gasteiger partial charge on any atom is 0.247 e. The molecule has 0 unspecified atom stereocenters. The van der Waals surface area contributed by atoms with Crippen molar-refractivity contribution in [3.63, 3.8) is 0 Å². The van der Waals surface area contributed by atoms with Gasteiger partial charge in [0, 0.05) is 18.0 Å². The van der Waals surface area contributed by atoms with E-state index in [0.29, 0.717) is 18.0 Å². The number of hydrogen-bond acceptors (Lipinski definition) is 5. The van der Waals surface area contributed by atoms with Crippen LogP contribution in [-0.4, -0.2) is 48.8 Å². The molecule has 6 heteroatoms. The van der Waals surface area contributed by atoms with E-state index < -0.39 is 0 Å². The van der Waals surface area contributed by atoms with Gasteiger partial charge in [-0.2, -0.15) is 5.10 Å². The lowest BCUT2D eigenvalue weighted by molar-refractivity contribution is -0.138. The molecule has 0 bridgehead atoms. The van der Waals surface area contributed by atoms with Crippen LogP contribution in [0.3, 0.4) is 0 Å². The first-order valence-electron chi connectivity index (χ1n) is 12.7. The molecule has 2 aliphatic heterocycles. The van der Waals surface area contributed by atoms with Gasteiger partial charge in [-0.15, -0.1) is 0 Å². The van der Waals surface area contributed by atoms with Gasteiger partial charge in [-0.3, -0.25) is 9.69 Å². The number of methoxy groups -OCH3 is 2. The third-order valence-electron chi connectivity index (χ3n) is 7.47. The largest absolute Gasteiger partial charge is 0.493 e. The second-order valence-corrected chi connectivity index (χ2v) is 9.76. The maximum atomic E-state index is 13.4. The minimum atomic E-state index is -0.0843. The molecule has 2 aromatic carbocycles. The lowest BCUT2D eigenvalue weighted by Crippen LogP contribution is -2.45. The molecule has 5 rings (SSSR count). The maximum absolute atomic E-state index is 13.4. The molecule has 0 N–H and O–H groups in total. The van der Waals surface area contributed by atoms with E-state index in [1.807, 2.05) is 18.2 Å². The van der Waals surface area contributed by atoms with Gasteiger partial charge in [-0.05, 0) is 68.1 Å². The standard InChI is InChI=1S/C29H35N3O3/c1-34-26-15-14-23(18-27(26)35-2)28-24-8-4-5-9-25(24)29(33)32(30-28)20-22-12-10-21(11-13-22)19-31-16-6-3-7-17-31/h4-5,10-15,18,24-25H,3,6-9,16-17,19-20H2,1-2H3/t24-,25+/m1/s1. The molecular weight excluding hydrogens is 438 g/mol. The first-order chi connectivity index (χ1) is 17.2. The molecule has 0 spiro atoms. The van der Waals surface area contributed by atoms with E-state index in [0.717, 1.165) is 36.2 Å². The highest BCUT2D eigenvalue weighted by Crippen LogP contribution is 2.37. The van der Waals surface area contributed by atoms with Crippen molar-refractivity contribution in [2.45, 2.75) is 45.2 Å². The molecule has 1 fully saturated rings. The number of hydrazone groups is 1. The molecule has 184 valence electrons. The molecule has 2 heterocycles. The van der Waals surface area contributed by atoms with Crippen LogP contribution >= 0.6 is 0 Å². The Morgan fingerprint density at radius 3 is 2.17 bits per heavy atom. The molecule has 1 amide bonds. The fraction of sp³-hybridized carbons (Fsp3) is 0.448. The zero-order valence-corrected chi connectivity index (χ0v) is 20.8. The van der Waals surface area contributed by atoms with Gasteiger partial charge >= 0.3 is 0 Å². The van der Waals surface area contributed by atoms with E-state index >= 15 is 0 Å². The molecule has 2 aromatic rings. The first kappa shape index (κ1) is 23.6. The van der Waals surface area contributed by atoms with Crippen LogP contribution in [-0.2, 0) is 17.9 Å². The van der Waals surface area contributed by atoms with Gasteiger partial charge in [0.1, 0.15) is 0 Å². The zero-order chi connectivity index (χ0) is 24.2. The molecule has 1 saturated heterocycles. The van der Waals surface area contributed by atoms with Gasteiger partial charge in [-0.1, -0.05) is 42.8 Å². The Hall–Kier alpha value is -3.12. The summed E-state index contributed by atoms with van der Waals surface area (Å²) >= 11 is 0. The van der Waals surface area contributed by atoms with Crippen molar-refractivity contribution in [1.82, 2.24) is 9.91 Å². The predicted octanol–water partition coefficient (Wildman–Crippen LogP) is 5.02. The van der Waals surface area contributed by atoms with Gasteiger partial charge in [0.2, 0.25) is 5.91 Å². The van der Waals surface area contributed by atoms with Crippen molar-refractivity contribution in [2.24, 2.45) is 16.9 Å². The number of hydrogen-bond donors (Lipinski definition) is 0. The van der Waals surface area contributed by atoms with Crippen molar-refractivity contribution in [3.8, 4) is 11.5 Å². The Labute approximate surface area is 208 Å². The number of carbonyl (C=O) groups excluding carboxylic acids is 1. The van der Waals surface area contributed by atoms with Crippen molar-refractivity contribution >= 4 is 11.6 Å². The summed E-state index contributed by atoms with van der Waals surface area (Å²) in [6.45, 7) is 3.86. The van der Waals surface area contributed by atoms with Crippen LogP contribution in [0.25, 0.3) is 0 Å². The third kappa shape index (κ3) is 5.13. The number of likely N-dealkylation sites (tertiary alicyclic amines) is 1. The number of piperidine rings is 1. The van der Waals surface area contributed by atoms with Gasteiger partial charge in [0.25, 0.3) is 0 Å². The molecule has 0 aromatic heterocycles. The Balaban J connectivity index is 1.38. The van der Waals surface area contributed by atoms with Crippen LogP contribution in [0.4, 0.5) is 0 Å². The van der Waals surface area contributed by atoms with Crippen LogP contribution in [0.15, 0.2) is 59.7 Å². The SMILES string of the molecule is COc1ccc(C2=NN(Cc3ccc(CN4CCCCC4)cc3)C(=O)[C@H]3CC=CC[C@@H]23)cc1OC. The van der Waals surface area contributed by atoms with Gasteiger partial charge < -0.3 is 9.47 Å². The van der Waals surface area contributed by atoms with Crippen molar-refractivity contribution in [2.75, 3.05) is 27.3 Å². The van der Waals surface area contributed by atoms with Crippen molar-refractivity contribution < 1.29 is 14.3 Å². The fourth-order valence-corrected chi connectivity index (χ4v) is 5.51. The predicted molar refractivity (Wildman–Crippen MR) is 138 cm³/mol. The highest BCUT2D eigenvalue weighted by Gasteiger charge is 2.40. The average Bonchev–Trinajstić information content (AvgIpc) is 2.91. The molecular formula is C29H35N3O3. The third-order valence-corrected chi connectivity index (χ3v) is 7.47. The van der Waals surface area contributed by atoms with E-state index in [4.69, 9.17) is 14.6 Å². The number of allylic oxidation sites excluding steroid dienone is 2. The van der Waals surface area contributed by atoms with E-state index in [1.54, 1.807) is 19.2 Å². The van der Waals surface area contributed by atoms with Gasteiger partial charge in [-0.25, -0.2) is 5.01 Å². The normalized spacial score (nSPS) is 22.5. The Bertz CT molecular complexity index is 1100. The zero-order valence-electron chi connectivity index (χ0n) is 20.8. The van der Waals surface area contributed by atoms with Crippen LogP contribution in [0.5, 0.6) is 11.5 Å². The van der Waals surface area contributed by atoms with E-state index in [1.165, 1.54) is 37.9 Å². The lowest BCUT2D eigenvalue weighted by Gasteiger charge is -2.37. The molecule has 6 nitrogen and oxygen atoms in total. The molecule has 0 radical (unpaired) electrons. The van der Waals surface area contributed by atoms with E-state index in [-0.39, 0.29) is 17.7 Å². The van der Waals surface area contributed by atoms with Crippen LogP contribution in [0.1, 0.15) is 48.8 Å². The molecule has 2 atom stereocenters. The van der Waals surface area contributed by atoms with Crippen LogP contribution in [0, 0.1) is 11.8 Å². The summed E-state index contributed by atoms with van der Waals surface area (Å²) < 4.78 is 11.0. The summed E-state index contributed by atoms with van der Waals surface area (Å²) in [5.74, 6) is 1.46. The van der Waals surface area contributed by atoms with Gasteiger partial charge in [0.15, 0.2) is 11.5 Å². The minimum Gasteiger partial charge on any atom is -0.493 e. The molecule has 35 heavy (non-hydrogen) atoms. The number of fused-ring (bicyclic) bond motifs is 1. The summed E-state index contributed by atoms with van der Waals surface area (Å²) in [6.07, 6.45) is 9.82. The second kappa shape index (κ2) is 10.6. The monoisotopic (exact) mass is 473 g/mol. The highest BCUT2D eigenvalue weighted by atomic mass is 16.5. The minimum absolute atomic E-state index is 0.0776. The summed E-state index contributed by atoms with van der Waals surface area (Å²) in [4.78, 5) is 16.0.